The van der Waals surface area contributed by atoms with Gasteiger partial charge < -0.3 is 0 Å². The molecule has 14 heavy (non-hydrogen) atoms. The van der Waals surface area contributed by atoms with Gasteiger partial charge in [0.1, 0.15) is 0 Å². The lowest BCUT2D eigenvalue weighted by Gasteiger charge is -1.96. The van der Waals surface area contributed by atoms with Gasteiger partial charge in [-0.15, -0.1) is 12.6 Å². The predicted molar refractivity (Wildman–Crippen MR) is 66.4 cm³/mol. The first-order valence-corrected chi connectivity index (χ1v) is 5.45. The van der Waals surface area contributed by atoms with E-state index >= 15 is 0 Å². The summed E-state index contributed by atoms with van der Waals surface area (Å²) in [6.45, 7) is 9.54. The van der Waals surface area contributed by atoms with E-state index in [-0.39, 0.29) is 5.78 Å². The number of hydrogen-bond acceptors (Lipinski definition) is 2. The maximum absolute atomic E-state index is 10.8. The first-order valence-electron chi connectivity index (χ1n) is 5.01. The molecule has 0 saturated carbocycles. The van der Waals surface area contributed by atoms with E-state index in [2.05, 4.69) is 12.6 Å². The lowest BCUT2D eigenvalue weighted by Crippen LogP contribution is -1.91. The van der Waals surface area contributed by atoms with Crippen LogP contribution >= 0.6 is 12.6 Å². The summed E-state index contributed by atoms with van der Waals surface area (Å²) in [5, 5.41) is 0. The van der Waals surface area contributed by atoms with Crippen molar-refractivity contribution in [3.8, 4) is 0 Å². The van der Waals surface area contributed by atoms with Crippen LogP contribution in [0.25, 0.3) is 0 Å². The van der Waals surface area contributed by atoms with Crippen LogP contribution < -0.4 is 0 Å². The monoisotopic (exact) mass is 212 g/mol. The fourth-order valence-electron chi connectivity index (χ4n) is 0.771. The van der Waals surface area contributed by atoms with Gasteiger partial charge in [-0.05, 0) is 13.0 Å². The van der Waals surface area contributed by atoms with E-state index < -0.39 is 0 Å². The minimum absolute atomic E-state index is 0.0607. The topological polar surface area (TPSA) is 17.1 Å². The second-order valence-corrected chi connectivity index (χ2v) is 2.56. The first kappa shape index (κ1) is 15.7. The molecule has 1 rings (SSSR count). The molecule has 1 aromatic rings. The van der Waals surface area contributed by atoms with Crippen molar-refractivity contribution in [1.82, 2.24) is 0 Å². The molecule has 1 aromatic carbocycles. The third kappa shape index (κ3) is 5.81. The number of carbonyl (C=O) groups excluding carboxylic acids is 1. The van der Waals surface area contributed by atoms with Crippen LogP contribution in [-0.4, -0.2) is 5.78 Å². The number of benzene rings is 1. The fourth-order valence-corrected chi connectivity index (χ4v) is 1.09. The molecule has 0 unspecified atom stereocenters. The number of rotatable bonds is 1. The summed E-state index contributed by atoms with van der Waals surface area (Å²) in [5.41, 5.74) is 0.686. The van der Waals surface area contributed by atoms with E-state index in [0.29, 0.717) is 5.56 Å². The number of Topliss-reactive ketones (excluding diaryl/α,β-unsaturated/α-hetero) is 1. The highest BCUT2D eigenvalue weighted by Gasteiger charge is 2.00. The van der Waals surface area contributed by atoms with Crippen molar-refractivity contribution in [3.05, 3.63) is 29.8 Å². The van der Waals surface area contributed by atoms with E-state index in [0.717, 1.165) is 4.90 Å². The lowest BCUT2D eigenvalue weighted by atomic mass is 10.1. The van der Waals surface area contributed by atoms with Gasteiger partial charge in [0.15, 0.2) is 5.78 Å². The van der Waals surface area contributed by atoms with Crippen molar-refractivity contribution < 1.29 is 4.79 Å². The average molecular weight is 212 g/mol. The second-order valence-electron chi connectivity index (χ2n) is 2.07. The molecular formula is C12H20OS. The van der Waals surface area contributed by atoms with Gasteiger partial charge in [-0.25, -0.2) is 0 Å². The first-order chi connectivity index (χ1) is 6.72. The van der Waals surface area contributed by atoms with Crippen molar-refractivity contribution in [2.24, 2.45) is 0 Å². The minimum atomic E-state index is 0.0607. The Labute approximate surface area is 92.9 Å². The van der Waals surface area contributed by atoms with Crippen LogP contribution in [0.4, 0.5) is 0 Å². The van der Waals surface area contributed by atoms with Crippen LogP contribution in [0, 0.1) is 0 Å². The van der Waals surface area contributed by atoms with Crippen molar-refractivity contribution in [2.45, 2.75) is 39.5 Å². The molecule has 0 radical (unpaired) electrons. The Morgan fingerprint density at radius 1 is 1.07 bits per heavy atom. The van der Waals surface area contributed by atoms with Crippen molar-refractivity contribution in [1.29, 1.82) is 0 Å². The van der Waals surface area contributed by atoms with E-state index in [9.17, 15) is 4.79 Å². The number of hydrogen-bond donors (Lipinski definition) is 1. The maximum atomic E-state index is 10.8. The maximum Gasteiger partial charge on any atom is 0.160 e. The largest absolute Gasteiger partial charge is 0.294 e. The summed E-state index contributed by atoms with van der Waals surface area (Å²) in [6, 6.07) is 7.26. The van der Waals surface area contributed by atoms with Crippen LogP contribution in [0.15, 0.2) is 29.2 Å². The number of ketones is 1. The molecule has 0 bridgehead atoms. The average Bonchev–Trinajstić information content (AvgIpc) is 2.24. The van der Waals surface area contributed by atoms with Crippen molar-refractivity contribution in [2.75, 3.05) is 0 Å². The molecular weight excluding hydrogens is 192 g/mol. The molecule has 0 fully saturated rings. The Morgan fingerprint density at radius 3 is 1.79 bits per heavy atom. The molecule has 0 amide bonds. The van der Waals surface area contributed by atoms with Crippen molar-refractivity contribution in [3.63, 3.8) is 0 Å². The summed E-state index contributed by atoms with van der Waals surface area (Å²) in [5.74, 6) is 0.0607. The van der Waals surface area contributed by atoms with Gasteiger partial charge in [0.2, 0.25) is 0 Å². The summed E-state index contributed by atoms with van der Waals surface area (Å²) in [6.07, 6.45) is 0. The quantitative estimate of drug-likeness (QED) is 0.544. The third-order valence-electron chi connectivity index (χ3n) is 1.28. The SMILES string of the molecule is CC.CC.CC(=O)c1ccccc1S. The Bertz CT molecular complexity index is 256. The predicted octanol–water partition coefficient (Wildman–Crippen LogP) is 4.23. The molecule has 0 aliphatic heterocycles. The second kappa shape index (κ2) is 10.3. The molecule has 0 heterocycles. The van der Waals surface area contributed by atoms with Crippen LogP contribution in [0.3, 0.4) is 0 Å². The van der Waals surface area contributed by atoms with Crippen LogP contribution in [0.2, 0.25) is 0 Å². The highest BCUT2D eigenvalue weighted by Crippen LogP contribution is 2.12. The molecule has 0 saturated heterocycles. The number of carbonyl (C=O) groups is 1. The zero-order valence-electron chi connectivity index (χ0n) is 9.66. The lowest BCUT2D eigenvalue weighted by molar-refractivity contribution is 0.101. The molecule has 80 valence electrons. The van der Waals surface area contributed by atoms with Gasteiger partial charge >= 0.3 is 0 Å². The highest BCUT2D eigenvalue weighted by atomic mass is 32.1. The zero-order valence-corrected chi connectivity index (χ0v) is 10.6. The summed E-state index contributed by atoms with van der Waals surface area (Å²) >= 11 is 4.12. The smallest absolute Gasteiger partial charge is 0.160 e. The minimum Gasteiger partial charge on any atom is -0.294 e. The normalized spacial score (nSPS) is 7.57. The highest BCUT2D eigenvalue weighted by molar-refractivity contribution is 7.80. The zero-order chi connectivity index (χ0) is 11.6. The molecule has 0 spiro atoms. The fraction of sp³-hybridized carbons (Fsp3) is 0.417. The van der Waals surface area contributed by atoms with Crippen LogP contribution in [0.5, 0.6) is 0 Å². The molecule has 0 atom stereocenters. The number of thiol groups is 1. The van der Waals surface area contributed by atoms with Crippen LogP contribution in [-0.2, 0) is 0 Å². The van der Waals surface area contributed by atoms with Gasteiger partial charge in [0.25, 0.3) is 0 Å². The Kier molecular flexibility index (Phi) is 11.6. The Hall–Kier alpha value is -0.760. The summed E-state index contributed by atoms with van der Waals surface area (Å²) in [4.78, 5) is 11.6. The molecule has 0 aromatic heterocycles. The van der Waals surface area contributed by atoms with Gasteiger partial charge in [-0.3, -0.25) is 4.79 Å². The third-order valence-corrected chi connectivity index (χ3v) is 1.67. The Morgan fingerprint density at radius 2 is 1.50 bits per heavy atom. The molecule has 2 heteroatoms. The van der Waals surface area contributed by atoms with E-state index in [4.69, 9.17) is 0 Å². The van der Waals surface area contributed by atoms with Crippen molar-refractivity contribution >= 4 is 18.4 Å². The molecule has 1 nitrogen and oxygen atoms in total. The van der Waals surface area contributed by atoms with Gasteiger partial charge in [0, 0.05) is 10.5 Å². The molecule has 0 aliphatic rings. The van der Waals surface area contributed by atoms with E-state index in [1.54, 1.807) is 12.1 Å². The van der Waals surface area contributed by atoms with E-state index in [1.807, 2.05) is 39.8 Å². The molecule has 0 N–H and O–H groups in total. The van der Waals surface area contributed by atoms with Gasteiger partial charge in [-0.2, -0.15) is 0 Å². The van der Waals surface area contributed by atoms with Gasteiger partial charge in [-0.1, -0.05) is 45.9 Å². The van der Waals surface area contributed by atoms with Gasteiger partial charge in [0.05, 0.1) is 0 Å². The summed E-state index contributed by atoms with van der Waals surface area (Å²) < 4.78 is 0. The molecule has 0 aliphatic carbocycles. The standard InChI is InChI=1S/C8H8OS.2C2H6/c1-6(9)7-4-2-3-5-8(7)10;2*1-2/h2-5,10H,1H3;2*1-2H3. The Balaban J connectivity index is 0. The van der Waals surface area contributed by atoms with Crippen LogP contribution in [0.1, 0.15) is 45.0 Å². The van der Waals surface area contributed by atoms with E-state index in [1.165, 1.54) is 6.92 Å². The summed E-state index contributed by atoms with van der Waals surface area (Å²) in [7, 11) is 0.